The molecule has 3 heterocycles. The highest BCUT2D eigenvalue weighted by Gasteiger charge is 2.01. The third kappa shape index (κ3) is 2.68. The second kappa shape index (κ2) is 5.55. The van der Waals surface area contributed by atoms with Gasteiger partial charge >= 0.3 is 0 Å². The number of aromatic nitrogens is 3. The summed E-state index contributed by atoms with van der Waals surface area (Å²) in [6, 6.07) is 11.7. The summed E-state index contributed by atoms with van der Waals surface area (Å²) >= 11 is 1.50. The zero-order valence-electron chi connectivity index (χ0n) is 10.5. The molecule has 98 valence electrons. The van der Waals surface area contributed by atoms with Gasteiger partial charge in [0.15, 0.2) is 5.82 Å². The lowest BCUT2D eigenvalue weighted by Crippen LogP contribution is -2.01. The van der Waals surface area contributed by atoms with E-state index < -0.39 is 0 Å². The third-order valence-electron chi connectivity index (χ3n) is 2.73. The van der Waals surface area contributed by atoms with Crippen molar-refractivity contribution in [3.8, 4) is 11.9 Å². The van der Waals surface area contributed by atoms with Crippen molar-refractivity contribution in [1.29, 1.82) is 5.26 Å². The van der Waals surface area contributed by atoms with E-state index in [0.29, 0.717) is 6.54 Å². The summed E-state index contributed by atoms with van der Waals surface area (Å²) in [7, 11) is 0. The van der Waals surface area contributed by atoms with Crippen LogP contribution in [0.1, 0.15) is 9.75 Å². The van der Waals surface area contributed by atoms with Crippen molar-refractivity contribution in [2.75, 3.05) is 5.32 Å². The van der Waals surface area contributed by atoms with E-state index in [1.54, 1.807) is 17.1 Å². The van der Waals surface area contributed by atoms with Gasteiger partial charge in [-0.3, -0.25) is 0 Å². The Labute approximate surface area is 120 Å². The predicted molar refractivity (Wildman–Crippen MR) is 77.7 cm³/mol. The van der Waals surface area contributed by atoms with E-state index in [0.717, 1.165) is 21.3 Å². The molecule has 0 fully saturated rings. The van der Waals surface area contributed by atoms with E-state index in [2.05, 4.69) is 21.5 Å². The molecule has 0 saturated heterocycles. The quantitative estimate of drug-likeness (QED) is 0.798. The van der Waals surface area contributed by atoms with E-state index in [9.17, 15) is 0 Å². The first-order chi connectivity index (χ1) is 9.85. The van der Waals surface area contributed by atoms with Gasteiger partial charge in [-0.15, -0.1) is 11.3 Å². The molecule has 6 heteroatoms. The fraction of sp³-hybridized carbons (Fsp3) is 0.0714. The molecule has 0 spiro atoms. The maximum Gasteiger partial charge on any atom is 0.153 e. The van der Waals surface area contributed by atoms with Gasteiger partial charge in [-0.1, -0.05) is 0 Å². The van der Waals surface area contributed by atoms with Crippen LogP contribution in [0.4, 0.5) is 5.69 Å². The summed E-state index contributed by atoms with van der Waals surface area (Å²) in [5, 5.41) is 16.2. The normalized spacial score (nSPS) is 10.2. The minimum Gasteiger partial charge on any atom is -0.379 e. The average molecular weight is 281 g/mol. The van der Waals surface area contributed by atoms with Crippen molar-refractivity contribution >= 4 is 17.0 Å². The molecule has 0 saturated carbocycles. The first kappa shape index (κ1) is 12.4. The van der Waals surface area contributed by atoms with Crippen LogP contribution in [0.5, 0.6) is 0 Å². The molecule has 5 nitrogen and oxygen atoms in total. The number of hydrogen-bond acceptors (Lipinski definition) is 5. The molecule has 0 radical (unpaired) electrons. The summed E-state index contributed by atoms with van der Waals surface area (Å²) in [6.07, 6.45) is 5.34. The summed E-state index contributed by atoms with van der Waals surface area (Å²) in [4.78, 5) is 6.20. The van der Waals surface area contributed by atoms with Gasteiger partial charge in [0, 0.05) is 23.8 Å². The minimum atomic E-state index is 0.690. The molecule has 0 atom stereocenters. The lowest BCUT2D eigenvalue weighted by Gasteiger charge is -2.05. The molecule has 0 aromatic carbocycles. The largest absolute Gasteiger partial charge is 0.379 e. The van der Waals surface area contributed by atoms with E-state index >= 15 is 0 Å². The van der Waals surface area contributed by atoms with Gasteiger partial charge < -0.3 is 5.32 Å². The van der Waals surface area contributed by atoms with Gasteiger partial charge in [0.05, 0.1) is 11.9 Å². The topological polar surface area (TPSA) is 66.5 Å². The van der Waals surface area contributed by atoms with Gasteiger partial charge in [0.1, 0.15) is 10.9 Å². The van der Waals surface area contributed by atoms with Gasteiger partial charge in [0.25, 0.3) is 0 Å². The van der Waals surface area contributed by atoms with Crippen LogP contribution in [0.2, 0.25) is 0 Å². The Morgan fingerprint density at radius 1 is 1.30 bits per heavy atom. The van der Waals surface area contributed by atoms with Crippen LogP contribution in [0, 0.1) is 11.3 Å². The molecular weight excluding hydrogens is 270 g/mol. The first-order valence-electron chi connectivity index (χ1n) is 6.04. The predicted octanol–water partition coefficient (Wildman–Crippen LogP) is 2.81. The SMILES string of the molecule is N#Cc1ccc(CNc2ccc(-n3cccn3)nc2)s1. The Balaban J connectivity index is 1.65. The summed E-state index contributed by atoms with van der Waals surface area (Å²) in [6.45, 7) is 0.690. The molecule has 20 heavy (non-hydrogen) atoms. The number of hydrogen-bond donors (Lipinski definition) is 1. The smallest absolute Gasteiger partial charge is 0.153 e. The van der Waals surface area contributed by atoms with Crippen LogP contribution in [0.25, 0.3) is 5.82 Å². The first-order valence-corrected chi connectivity index (χ1v) is 6.85. The van der Waals surface area contributed by atoms with E-state index in [1.807, 2.05) is 36.5 Å². The van der Waals surface area contributed by atoms with Gasteiger partial charge in [-0.2, -0.15) is 10.4 Å². The number of nitrogens with one attached hydrogen (secondary N) is 1. The molecule has 0 aliphatic carbocycles. The van der Waals surface area contributed by atoms with Crippen molar-refractivity contribution in [2.24, 2.45) is 0 Å². The van der Waals surface area contributed by atoms with Crippen LogP contribution >= 0.6 is 11.3 Å². The van der Waals surface area contributed by atoms with E-state index in [-0.39, 0.29) is 0 Å². The van der Waals surface area contributed by atoms with Gasteiger partial charge in [-0.25, -0.2) is 9.67 Å². The second-order valence-electron chi connectivity index (χ2n) is 4.09. The Bertz CT molecular complexity index is 722. The second-order valence-corrected chi connectivity index (χ2v) is 5.26. The Hall–Kier alpha value is -2.65. The monoisotopic (exact) mass is 281 g/mol. The van der Waals surface area contributed by atoms with Crippen LogP contribution in [-0.2, 0) is 6.54 Å². The standard InChI is InChI=1S/C14H11N5S/c15-8-12-3-4-13(20-12)10-16-11-2-5-14(17-9-11)19-7-1-6-18-19/h1-7,9,16H,10H2. The number of anilines is 1. The Morgan fingerprint density at radius 3 is 2.90 bits per heavy atom. The van der Waals surface area contributed by atoms with E-state index in [1.165, 1.54) is 11.3 Å². The average Bonchev–Trinajstić information content (AvgIpc) is 3.17. The number of rotatable bonds is 4. The lowest BCUT2D eigenvalue weighted by molar-refractivity contribution is 0.847. The van der Waals surface area contributed by atoms with Crippen molar-refractivity contribution < 1.29 is 0 Å². The van der Waals surface area contributed by atoms with Crippen molar-refractivity contribution in [2.45, 2.75) is 6.54 Å². The molecule has 0 amide bonds. The summed E-state index contributed by atoms with van der Waals surface area (Å²) < 4.78 is 1.71. The van der Waals surface area contributed by atoms with Crippen LogP contribution in [0.15, 0.2) is 48.9 Å². The van der Waals surface area contributed by atoms with Gasteiger partial charge in [0.2, 0.25) is 0 Å². The number of nitrogens with zero attached hydrogens (tertiary/aromatic N) is 4. The number of pyridine rings is 1. The highest BCUT2D eigenvalue weighted by molar-refractivity contribution is 7.12. The molecule has 1 N–H and O–H groups in total. The van der Waals surface area contributed by atoms with Crippen molar-refractivity contribution in [3.05, 3.63) is 58.7 Å². The summed E-state index contributed by atoms with van der Waals surface area (Å²) in [5.41, 5.74) is 0.938. The zero-order valence-corrected chi connectivity index (χ0v) is 11.3. The van der Waals surface area contributed by atoms with Gasteiger partial charge in [-0.05, 0) is 30.3 Å². The van der Waals surface area contributed by atoms with Crippen LogP contribution < -0.4 is 5.32 Å². The molecule has 0 aliphatic heterocycles. The molecule has 0 bridgehead atoms. The van der Waals surface area contributed by atoms with Crippen LogP contribution in [-0.4, -0.2) is 14.8 Å². The number of thiophene rings is 1. The molecule has 0 aliphatic rings. The van der Waals surface area contributed by atoms with Crippen LogP contribution in [0.3, 0.4) is 0 Å². The third-order valence-corrected chi connectivity index (χ3v) is 3.72. The Kier molecular flexibility index (Phi) is 3.44. The molecule has 0 unspecified atom stereocenters. The molecule has 3 aromatic heterocycles. The Morgan fingerprint density at radius 2 is 2.25 bits per heavy atom. The molecule has 3 rings (SSSR count). The maximum atomic E-state index is 8.78. The molecular formula is C14H11N5S. The fourth-order valence-electron chi connectivity index (χ4n) is 1.75. The molecule has 3 aromatic rings. The van der Waals surface area contributed by atoms with E-state index in [4.69, 9.17) is 5.26 Å². The maximum absolute atomic E-state index is 8.78. The fourth-order valence-corrected chi connectivity index (χ4v) is 2.50. The highest BCUT2D eigenvalue weighted by Crippen LogP contribution is 2.17. The van der Waals surface area contributed by atoms with Crippen molar-refractivity contribution in [1.82, 2.24) is 14.8 Å². The number of nitriles is 1. The minimum absolute atomic E-state index is 0.690. The summed E-state index contributed by atoms with van der Waals surface area (Å²) in [5.74, 6) is 0.781. The zero-order chi connectivity index (χ0) is 13.8. The highest BCUT2D eigenvalue weighted by atomic mass is 32.1. The van der Waals surface area contributed by atoms with Crippen molar-refractivity contribution in [3.63, 3.8) is 0 Å². The lowest BCUT2D eigenvalue weighted by atomic mass is 10.3.